The van der Waals surface area contributed by atoms with E-state index < -0.39 is 11.7 Å². The van der Waals surface area contributed by atoms with Crippen LogP contribution in [0.5, 0.6) is 0 Å². The largest absolute Gasteiger partial charge is 0.416 e. The van der Waals surface area contributed by atoms with Crippen molar-refractivity contribution in [3.05, 3.63) is 59.4 Å². The van der Waals surface area contributed by atoms with Gasteiger partial charge in [-0.1, -0.05) is 19.1 Å². The van der Waals surface area contributed by atoms with E-state index in [1.807, 2.05) is 29.8 Å². The fourth-order valence-corrected chi connectivity index (χ4v) is 2.06. The molecule has 0 spiro atoms. The quantitative estimate of drug-likeness (QED) is 0.885. The lowest BCUT2D eigenvalue weighted by Crippen LogP contribution is -2.15. The van der Waals surface area contributed by atoms with Crippen LogP contribution in [0.3, 0.4) is 0 Å². The molecule has 1 N–H and O–H groups in total. The first-order valence-electron chi connectivity index (χ1n) is 6.51. The first-order valence-corrected chi connectivity index (χ1v) is 6.51. The summed E-state index contributed by atoms with van der Waals surface area (Å²) in [6.07, 6.45) is -2.41. The highest BCUT2D eigenvalue weighted by Crippen LogP contribution is 2.29. The summed E-state index contributed by atoms with van der Waals surface area (Å²) >= 11 is 0. The van der Waals surface area contributed by atoms with Crippen LogP contribution >= 0.6 is 0 Å². The van der Waals surface area contributed by atoms with E-state index in [2.05, 4.69) is 5.32 Å². The third-order valence-electron chi connectivity index (χ3n) is 3.09. The standard InChI is InChI=1S/C15H17F3N2/c1-2-19-10-14-7-4-8-20(14)11-12-5-3-6-13(9-12)15(16,17)18/h3-9,19H,2,10-11H2,1H3. The second kappa shape index (κ2) is 6.13. The smallest absolute Gasteiger partial charge is 0.346 e. The van der Waals surface area contributed by atoms with Gasteiger partial charge in [0.05, 0.1) is 5.56 Å². The Bertz CT molecular complexity index is 558. The van der Waals surface area contributed by atoms with E-state index in [1.165, 1.54) is 12.1 Å². The lowest BCUT2D eigenvalue weighted by Gasteiger charge is -2.12. The van der Waals surface area contributed by atoms with Gasteiger partial charge in [0.1, 0.15) is 0 Å². The maximum atomic E-state index is 12.7. The first-order chi connectivity index (χ1) is 9.50. The summed E-state index contributed by atoms with van der Waals surface area (Å²) in [4.78, 5) is 0. The van der Waals surface area contributed by atoms with E-state index in [0.29, 0.717) is 18.7 Å². The number of nitrogens with one attached hydrogen (secondary N) is 1. The zero-order valence-electron chi connectivity index (χ0n) is 11.2. The van der Waals surface area contributed by atoms with Crippen molar-refractivity contribution in [1.29, 1.82) is 0 Å². The molecule has 1 aromatic heterocycles. The maximum absolute atomic E-state index is 12.7. The fourth-order valence-electron chi connectivity index (χ4n) is 2.06. The minimum atomic E-state index is -4.29. The number of halogens is 3. The molecule has 0 saturated heterocycles. The fraction of sp³-hybridized carbons (Fsp3) is 0.333. The minimum absolute atomic E-state index is 0.442. The van der Waals surface area contributed by atoms with Crippen LogP contribution in [0.4, 0.5) is 13.2 Å². The number of hydrogen-bond donors (Lipinski definition) is 1. The van der Waals surface area contributed by atoms with E-state index in [9.17, 15) is 13.2 Å². The summed E-state index contributed by atoms with van der Waals surface area (Å²) in [7, 11) is 0. The Labute approximate surface area is 116 Å². The molecule has 1 aromatic carbocycles. The van der Waals surface area contributed by atoms with Gasteiger partial charge in [0, 0.05) is 25.0 Å². The summed E-state index contributed by atoms with van der Waals surface area (Å²) in [6.45, 7) is 4.02. The highest BCUT2D eigenvalue weighted by molar-refractivity contribution is 5.26. The average molecular weight is 282 g/mol. The Kier molecular flexibility index (Phi) is 4.49. The average Bonchev–Trinajstić information content (AvgIpc) is 2.83. The third kappa shape index (κ3) is 3.63. The van der Waals surface area contributed by atoms with Crippen LogP contribution in [0, 0.1) is 0 Å². The van der Waals surface area contributed by atoms with E-state index in [4.69, 9.17) is 0 Å². The predicted molar refractivity (Wildman–Crippen MR) is 72.4 cm³/mol. The molecule has 0 amide bonds. The second-order valence-electron chi connectivity index (χ2n) is 4.61. The van der Waals surface area contributed by atoms with Crippen molar-refractivity contribution < 1.29 is 13.2 Å². The number of aromatic nitrogens is 1. The second-order valence-corrected chi connectivity index (χ2v) is 4.61. The summed E-state index contributed by atoms with van der Waals surface area (Å²) in [5.74, 6) is 0. The van der Waals surface area contributed by atoms with Crippen LogP contribution in [0.2, 0.25) is 0 Å². The van der Waals surface area contributed by atoms with Crippen LogP contribution in [0.25, 0.3) is 0 Å². The van der Waals surface area contributed by atoms with Crippen LogP contribution < -0.4 is 5.32 Å². The molecule has 20 heavy (non-hydrogen) atoms. The van der Waals surface area contributed by atoms with Crippen LogP contribution in [-0.4, -0.2) is 11.1 Å². The molecule has 5 heteroatoms. The predicted octanol–water partition coefficient (Wildman–Crippen LogP) is 3.66. The SMILES string of the molecule is CCNCc1cccn1Cc1cccc(C(F)(F)F)c1. The molecule has 0 radical (unpaired) electrons. The molecule has 108 valence electrons. The lowest BCUT2D eigenvalue weighted by molar-refractivity contribution is -0.137. The maximum Gasteiger partial charge on any atom is 0.416 e. The summed E-state index contributed by atoms with van der Waals surface area (Å²) < 4.78 is 40.0. The van der Waals surface area contributed by atoms with Gasteiger partial charge in [-0.3, -0.25) is 0 Å². The zero-order chi connectivity index (χ0) is 14.6. The number of benzene rings is 1. The molecular formula is C15H17F3N2. The van der Waals surface area contributed by atoms with Gasteiger partial charge in [-0.05, 0) is 36.4 Å². The van der Waals surface area contributed by atoms with Crippen molar-refractivity contribution >= 4 is 0 Å². The van der Waals surface area contributed by atoms with Gasteiger partial charge in [0.15, 0.2) is 0 Å². The zero-order valence-corrected chi connectivity index (χ0v) is 11.2. The normalized spacial score (nSPS) is 11.8. The Hall–Kier alpha value is -1.75. The molecule has 2 nitrogen and oxygen atoms in total. The molecule has 0 aliphatic heterocycles. The van der Waals surface area contributed by atoms with Gasteiger partial charge in [-0.15, -0.1) is 0 Å². The van der Waals surface area contributed by atoms with Crippen molar-refractivity contribution in [3.63, 3.8) is 0 Å². The van der Waals surface area contributed by atoms with E-state index in [0.717, 1.165) is 18.3 Å². The summed E-state index contributed by atoms with van der Waals surface area (Å²) in [5, 5.41) is 3.21. The molecular weight excluding hydrogens is 265 g/mol. The van der Waals surface area contributed by atoms with Gasteiger partial charge in [0.25, 0.3) is 0 Å². The van der Waals surface area contributed by atoms with Crippen molar-refractivity contribution in [3.8, 4) is 0 Å². The van der Waals surface area contributed by atoms with Crippen LogP contribution in [0.1, 0.15) is 23.7 Å². The van der Waals surface area contributed by atoms with Gasteiger partial charge < -0.3 is 9.88 Å². The van der Waals surface area contributed by atoms with Crippen LogP contribution in [-0.2, 0) is 19.3 Å². The molecule has 0 aliphatic carbocycles. The van der Waals surface area contributed by atoms with Crippen LogP contribution in [0.15, 0.2) is 42.6 Å². The third-order valence-corrected chi connectivity index (χ3v) is 3.09. The highest BCUT2D eigenvalue weighted by Gasteiger charge is 2.30. The number of rotatable bonds is 5. The first kappa shape index (κ1) is 14.7. The number of nitrogens with zero attached hydrogens (tertiary/aromatic N) is 1. The highest BCUT2D eigenvalue weighted by atomic mass is 19.4. The Morgan fingerprint density at radius 2 is 1.95 bits per heavy atom. The van der Waals surface area contributed by atoms with Gasteiger partial charge in [-0.2, -0.15) is 13.2 Å². The number of alkyl halides is 3. The lowest BCUT2D eigenvalue weighted by atomic mass is 10.1. The summed E-state index contributed by atoms with van der Waals surface area (Å²) in [6, 6.07) is 9.34. The molecule has 0 fully saturated rings. The van der Waals surface area contributed by atoms with Crippen molar-refractivity contribution in [2.75, 3.05) is 6.54 Å². The van der Waals surface area contributed by atoms with Crippen molar-refractivity contribution in [2.45, 2.75) is 26.2 Å². The van der Waals surface area contributed by atoms with E-state index in [1.54, 1.807) is 6.07 Å². The van der Waals surface area contributed by atoms with Gasteiger partial charge >= 0.3 is 6.18 Å². The van der Waals surface area contributed by atoms with Crippen molar-refractivity contribution in [1.82, 2.24) is 9.88 Å². The van der Waals surface area contributed by atoms with Gasteiger partial charge in [-0.25, -0.2) is 0 Å². The Morgan fingerprint density at radius 3 is 2.65 bits per heavy atom. The molecule has 2 aromatic rings. The minimum Gasteiger partial charge on any atom is -0.346 e. The molecule has 0 bridgehead atoms. The van der Waals surface area contributed by atoms with Crippen molar-refractivity contribution in [2.24, 2.45) is 0 Å². The molecule has 0 atom stereocenters. The molecule has 2 rings (SSSR count). The molecule has 1 heterocycles. The topological polar surface area (TPSA) is 17.0 Å². The van der Waals surface area contributed by atoms with Gasteiger partial charge in [0.2, 0.25) is 0 Å². The molecule has 0 aliphatic rings. The molecule has 0 unspecified atom stereocenters. The monoisotopic (exact) mass is 282 g/mol. The summed E-state index contributed by atoms with van der Waals surface area (Å²) in [5.41, 5.74) is 1.11. The van der Waals surface area contributed by atoms with E-state index in [-0.39, 0.29) is 0 Å². The Balaban J connectivity index is 2.16. The Morgan fingerprint density at radius 1 is 1.15 bits per heavy atom. The number of hydrogen-bond acceptors (Lipinski definition) is 1. The molecule has 0 saturated carbocycles. The van der Waals surface area contributed by atoms with E-state index >= 15 is 0 Å².